The van der Waals surface area contributed by atoms with E-state index in [2.05, 4.69) is 22.2 Å². The zero-order valence-electron chi connectivity index (χ0n) is 16.8. The molecule has 0 atom stereocenters. The standard InChI is InChI=1S/C22H20N4O3S2/c1-13-16-5-3-4-6-17(16)21(29)26(13)10-9-20(28)25-22-24-18(12-30-22)19-8-7-15(31-19)11-23-14(2)27/h3-8,12H,1,9-11H2,2H3,(H,23,27)(H,24,25,28). The summed E-state index contributed by atoms with van der Waals surface area (Å²) in [5, 5.41) is 7.96. The first-order valence-corrected chi connectivity index (χ1v) is 11.3. The fraction of sp³-hybridized carbons (Fsp3) is 0.182. The van der Waals surface area contributed by atoms with Crippen molar-refractivity contribution < 1.29 is 14.4 Å². The summed E-state index contributed by atoms with van der Waals surface area (Å²) in [6.45, 7) is 6.22. The highest BCUT2D eigenvalue weighted by Crippen LogP contribution is 2.32. The van der Waals surface area contributed by atoms with Crippen LogP contribution in [0.1, 0.15) is 34.1 Å². The summed E-state index contributed by atoms with van der Waals surface area (Å²) in [4.78, 5) is 44.0. The number of hydrogen-bond acceptors (Lipinski definition) is 6. The number of thiazole rings is 1. The Labute approximate surface area is 187 Å². The molecule has 3 amide bonds. The molecule has 0 spiro atoms. The Morgan fingerprint density at radius 1 is 1.16 bits per heavy atom. The van der Waals surface area contributed by atoms with Gasteiger partial charge in [-0.25, -0.2) is 4.98 Å². The maximum absolute atomic E-state index is 12.5. The normalized spacial score (nSPS) is 12.7. The van der Waals surface area contributed by atoms with E-state index >= 15 is 0 Å². The molecule has 0 fully saturated rings. The Kier molecular flexibility index (Phi) is 5.97. The molecular formula is C22H20N4O3S2. The Hall–Kier alpha value is -3.30. The molecule has 0 radical (unpaired) electrons. The first-order chi connectivity index (χ1) is 14.9. The number of aromatic nitrogens is 1. The van der Waals surface area contributed by atoms with E-state index in [1.54, 1.807) is 22.3 Å². The van der Waals surface area contributed by atoms with Gasteiger partial charge in [0.15, 0.2) is 5.13 Å². The molecule has 1 aromatic carbocycles. The van der Waals surface area contributed by atoms with Crippen LogP contribution < -0.4 is 10.6 Å². The Morgan fingerprint density at radius 3 is 2.68 bits per heavy atom. The third kappa shape index (κ3) is 4.57. The number of fused-ring (bicyclic) bond motifs is 1. The molecule has 2 N–H and O–H groups in total. The average molecular weight is 453 g/mol. The first-order valence-electron chi connectivity index (χ1n) is 9.61. The summed E-state index contributed by atoms with van der Waals surface area (Å²) in [6, 6.07) is 11.2. The molecule has 7 nitrogen and oxygen atoms in total. The molecule has 3 heterocycles. The van der Waals surface area contributed by atoms with E-state index in [4.69, 9.17) is 0 Å². The molecular weight excluding hydrogens is 432 g/mol. The number of carbonyl (C=O) groups is 3. The van der Waals surface area contributed by atoms with Crippen molar-refractivity contribution in [3.63, 3.8) is 0 Å². The Balaban J connectivity index is 1.32. The maximum Gasteiger partial charge on any atom is 0.258 e. The number of rotatable bonds is 7. The number of benzene rings is 1. The highest BCUT2D eigenvalue weighted by Gasteiger charge is 2.30. The lowest BCUT2D eigenvalue weighted by Crippen LogP contribution is -2.27. The molecule has 9 heteroatoms. The third-order valence-electron chi connectivity index (χ3n) is 4.78. The summed E-state index contributed by atoms with van der Waals surface area (Å²) < 4.78 is 0. The van der Waals surface area contributed by atoms with Gasteiger partial charge in [-0.2, -0.15) is 0 Å². The summed E-state index contributed by atoms with van der Waals surface area (Å²) in [5.74, 6) is -0.413. The van der Waals surface area contributed by atoms with Gasteiger partial charge < -0.3 is 15.5 Å². The molecule has 31 heavy (non-hydrogen) atoms. The van der Waals surface area contributed by atoms with Gasteiger partial charge in [0.2, 0.25) is 11.8 Å². The number of amides is 3. The monoisotopic (exact) mass is 452 g/mol. The van der Waals surface area contributed by atoms with Crippen molar-refractivity contribution in [1.29, 1.82) is 0 Å². The third-order valence-corrected chi connectivity index (χ3v) is 6.64. The van der Waals surface area contributed by atoms with Crippen LogP contribution in [0, 0.1) is 0 Å². The Morgan fingerprint density at radius 2 is 1.94 bits per heavy atom. The van der Waals surface area contributed by atoms with E-state index in [0.29, 0.717) is 22.9 Å². The minimum Gasteiger partial charge on any atom is -0.351 e. The zero-order chi connectivity index (χ0) is 22.0. The van der Waals surface area contributed by atoms with Crippen molar-refractivity contribution in [3.05, 3.63) is 64.4 Å². The van der Waals surface area contributed by atoms with Crippen LogP contribution in [0.15, 0.2) is 48.4 Å². The van der Waals surface area contributed by atoms with Crippen molar-refractivity contribution in [2.24, 2.45) is 0 Å². The minimum atomic E-state index is -0.213. The number of anilines is 1. The molecule has 1 aliphatic rings. The number of hydrogen-bond donors (Lipinski definition) is 2. The van der Waals surface area contributed by atoms with Gasteiger partial charge in [0.05, 0.1) is 17.1 Å². The summed E-state index contributed by atoms with van der Waals surface area (Å²) in [6.07, 6.45) is 0.146. The second-order valence-corrected chi connectivity index (χ2v) is 8.99. The highest BCUT2D eigenvalue weighted by atomic mass is 32.1. The number of nitrogens with one attached hydrogen (secondary N) is 2. The predicted octanol–water partition coefficient (Wildman–Crippen LogP) is 3.96. The topological polar surface area (TPSA) is 91.4 Å². The van der Waals surface area contributed by atoms with Gasteiger partial charge in [0.25, 0.3) is 5.91 Å². The van der Waals surface area contributed by atoms with Crippen molar-refractivity contribution >= 4 is 51.2 Å². The molecule has 3 aromatic rings. The van der Waals surface area contributed by atoms with E-state index in [-0.39, 0.29) is 30.7 Å². The van der Waals surface area contributed by atoms with Crippen molar-refractivity contribution in [2.45, 2.75) is 19.9 Å². The van der Waals surface area contributed by atoms with E-state index in [0.717, 1.165) is 21.0 Å². The average Bonchev–Trinajstić information content (AvgIpc) is 3.45. The molecule has 0 saturated carbocycles. The minimum absolute atomic E-state index is 0.0725. The molecule has 2 aromatic heterocycles. The molecule has 0 saturated heterocycles. The smallest absolute Gasteiger partial charge is 0.258 e. The quantitative estimate of drug-likeness (QED) is 0.568. The number of nitrogens with zero attached hydrogens (tertiary/aromatic N) is 2. The van der Waals surface area contributed by atoms with Gasteiger partial charge >= 0.3 is 0 Å². The second-order valence-electron chi connectivity index (χ2n) is 6.96. The van der Waals surface area contributed by atoms with Crippen LogP contribution in [0.2, 0.25) is 0 Å². The van der Waals surface area contributed by atoms with Crippen molar-refractivity contribution in [1.82, 2.24) is 15.2 Å². The van der Waals surface area contributed by atoms with E-state index in [1.165, 1.54) is 18.3 Å². The zero-order valence-corrected chi connectivity index (χ0v) is 18.4. The largest absolute Gasteiger partial charge is 0.351 e. The molecule has 0 aliphatic carbocycles. The van der Waals surface area contributed by atoms with Crippen LogP contribution >= 0.6 is 22.7 Å². The van der Waals surface area contributed by atoms with Crippen LogP contribution in [0.5, 0.6) is 0 Å². The molecule has 4 rings (SSSR count). The van der Waals surface area contributed by atoms with Crippen LogP contribution in [-0.4, -0.2) is 34.2 Å². The lowest BCUT2D eigenvalue weighted by molar-refractivity contribution is -0.119. The van der Waals surface area contributed by atoms with Gasteiger partial charge in [-0.1, -0.05) is 24.8 Å². The van der Waals surface area contributed by atoms with Gasteiger partial charge in [-0.3, -0.25) is 14.4 Å². The van der Waals surface area contributed by atoms with Crippen LogP contribution in [-0.2, 0) is 16.1 Å². The van der Waals surface area contributed by atoms with Crippen LogP contribution in [0.4, 0.5) is 5.13 Å². The summed E-state index contributed by atoms with van der Waals surface area (Å²) in [5.41, 5.74) is 2.83. The lowest BCUT2D eigenvalue weighted by Gasteiger charge is -2.16. The molecule has 158 valence electrons. The van der Waals surface area contributed by atoms with E-state index in [1.807, 2.05) is 35.7 Å². The SMILES string of the molecule is C=C1c2ccccc2C(=O)N1CCC(=O)Nc1nc(-c2ccc(CNC(C)=O)s2)cs1. The first kappa shape index (κ1) is 21.0. The molecule has 0 unspecified atom stereocenters. The van der Waals surface area contributed by atoms with Crippen molar-refractivity contribution in [3.8, 4) is 10.6 Å². The predicted molar refractivity (Wildman–Crippen MR) is 123 cm³/mol. The summed E-state index contributed by atoms with van der Waals surface area (Å²) >= 11 is 2.89. The molecule has 0 bridgehead atoms. The second kappa shape index (κ2) is 8.83. The summed E-state index contributed by atoms with van der Waals surface area (Å²) in [7, 11) is 0. The number of carbonyl (C=O) groups excluding carboxylic acids is 3. The lowest BCUT2D eigenvalue weighted by atomic mass is 10.1. The van der Waals surface area contributed by atoms with Crippen molar-refractivity contribution in [2.75, 3.05) is 11.9 Å². The van der Waals surface area contributed by atoms with Gasteiger partial charge in [-0.15, -0.1) is 22.7 Å². The fourth-order valence-corrected chi connectivity index (χ4v) is 4.94. The highest BCUT2D eigenvalue weighted by molar-refractivity contribution is 7.17. The van der Waals surface area contributed by atoms with Gasteiger partial charge in [0.1, 0.15) is 0 Å². The van der Waals surface area contributed by atoms with Crippen LogP contribution in [0.3, 0.4) is 0 Å². The van der Waals surface area contributed by atoms with Gasteiger partial charge in [0, 0.05) is 47.0 Å². The number of thiophene rings is 1. The van der Waals surface area contributed by atoms with Gasteiger partial charge in [-0.05, 0) is 18.2 Å². The Bertz CT molecular complexity index is 1150. The van der Waals surface area contributed by atoms with E-state index < -0.39 is 0 Å². The van der Waals surface area contributed by atoms with E-state index in [9.17, 15) is 14.4 Å². The maximum atomic E-state index is 12.5. The molecule has 1 aliphatic heterocycles. The van der Waals surface area contributed by atoms with Crippen LogP contribution in [0.25, 0.3) is 16.3 Å². The fourth-order valence-electron chi connectivity index (χ4n) is 3.23.